The second kappa shape index (κ2) is 6.65. The minimum Gasteiger partial charge on any atom is -0.319 e. The number of aryl methyl sites for hydroxylation is 1. The average Bonchev–Trinajstić information content (AvgIpc) is 3.13. The van der Waals surface area contributed by atoms with Crippen molar-refractivity contribution in [3.05, 3.63) is 35.4 Å². The first-order valence-electron chi connectivity index (χ1n) is 10.6. The molecule has 2 aliphatic carbocycles. The van der Waals surface area contributed by atoms with Crippen molar-refractivity contribution < 1.29 is 14.4 Å². The molecule has 2 bridgehead atoms. The highest BCUT2D eigenvalue weighted by molar-refractivity contribution is 6.09. The topological polar surface area (TPSA) is 90.9 Å². The summed E-state index contributed by atoms with van der Waals surface area (Å²) in [7, 11) is 0. The normalized spacial score (nSPS) is 33.3. The van der Waals surface area contributed by atoms with Crippen LogP contribution in [-0.4, -0.2) is 35.0 Å². The summed E-state index contributed by atoms with van der Waals surface area (Å²) in [6, 6.07) is 6.85. The van der Waals surface area contributed by atoms with Crippen LogP contribution in [0.2, 0.25) is 0 Å². The zero-order chi connectivity index (χ0) is 21.9. The Labute approximate surface area is 177 Å². The van der Waals surface area contributed by atoms with Crippen molar-refractivity contribution in [2.45, 2.75) is 59.4 Å². The Balaban J connectivity index is 1.45. The Morgan fingerprint density at radius 3 is 2.43 bits per heavy atom. The van der Waals surface area contributed by atoms with Gasteiger partial charge in [0.2, 0.25) is 0 Å². The summed E-state index contributed by atoms with van der Waals surface area (Å²) in [4.78, 5) is 38.9. The van der Waals surface area contributed by atoms with E-state index >= 15 is 0 Å². The van der Waals surface area contributed by atoms with Gasteiger partial charge in [-0.3, -0.25) is 14.5 Å². The van der Waals surface area contributed by atoms with Gasteiger partial charge in [-0.2, -0.15) is 5.10 Å². The zero-order valence-corrected chi connectivity index (χ0v) is 18.3. The SMILES string of the molecule is Cc1ccc(C2(C)NC(=O)N(CC(=O)N/N=C3\CC4CCC3(C)C4(C)C)C2=O)cc1. The highest BCUT2D eigenvalue weighted by atomic mass is 16.2. The number of nitrogens with one attached hydrogen (secondary N) is 2. The third kappa shape index (κ3) is 2.86. The van der Waals surface area contributed by atoms with Gasteiger partial charge < -0.3 is 5.32 Å². The largest absolute Gasteiger partial charge is 0.325 e. The van der Waals surface area contributed by atoms with E-state index in [1.165, 1.54) is 6.42 Å². The number of nitrogens with zero attached hydrogens (tertiary/aromatic N) is 2. The molecule has 2 saturated carbocycles. The summed E-state index contributed by atoms with van der Waals surface area (Å²) in [5.41, 5.74) is 4.32. The maximum absolute atomic E-state index is 13.0. The van der Waals surface area contributed by atoms with Crippen LogP contribution < -0.4 is 10.7 Å². The maximum atomic E-state index is 13.0. The number of benzene rings is 1. The standard InChI is InChI=1S/C23H30N4O3/c1-14-6-8-15(9-7-14)23(5)19(29)27(20(30)24-23)13-18(28)26-25-17-12-16-10-11-22(17,4)21(16,2)3/h6-9,16H,10-13H2,1-5H3,(H,24,30)(H,26,28)/b25-17+. The van der Waals surface area contributed by atoms with E-state index < -0.39 is 23.4 Å². The third-order valence-corrected chi connectivity index (χ3v) is 8.03. The van der Waals surface area contributed by atoms with Gasteiger partial charge in [-0.1, -0.05) is 50.6 Å². The van der Waals surface area contributed by atoms with Crippen LogP contribution in [0.4, 0.5) is 4.79 Å². The fourth-order valence-electron chi connectivity index (χ4n) is 5.33. The lowest BCUT2D eigenvalue weighted by atomic mass is 9.70. The number of carbonyl (C=O) groups excluding carboxylic acids is 3. The van der Waals surface area contributed by atoms with Crippen molar-refractivity contribution in [3.63, 3.8) is 0 Å². The summed E-state index contributed by atoms with van der Waals surface area (Å²) < 4.78 is 0. The summed E-state index contributed by atoms with van der Waals surface area (Å²) in [6.45, 7) is 10.0. The average molecular weight is 411 g/mol. The minimum absolute atomic E-state index is 0.0181. The molecule has 30 heavy (non-hydrogen) atoms. The molecular weight excluding hydrogens is 380 g/mol. The first-order valence-corrected chi connectivity index (χ1v) is 10.6. The van der Waals surface area contributed by atoms with Crippen LogP contribution in [0.5, 0.6) is 0 Å². The van der Waals surface area contributed by atoms with E-state index in [2.05, 4.69) is 36.6 Å². The molecule has 0 spiro atoms. The minimum atomic E-state index is -1.18. The van der Waals surface area contributed by atoms with Crippen molar-refractivity contribution >= 4 is 23.6 Å². The smallest absolute Gasteiger partial charge is 0.319 e. The number of rotatable bonds is 4. The van der Waals surface area contributed by atoms with Crippen LogP contribution in [0.3, 0.4) is 0 Å². The van der Waals surface area contributed by atoms with E-state index in [4.69, 9.17) is 0 Å². The van der Waals surface area contributed by atoms with Gasteiger partial charge in [0.15, 0.2) is 0 Å². The first-order chi connectivity index (χ1) is 14.0. The number of hydrazone groups is 1. The molecule has 1 aromatic rings. The molecule has 7 heteroatoms. The molecule has 3 fully saturated rings. The lowest BCUT2D eigenvalue weighted by Crippen LogP contribution is -2.43. The van der Waals surface area contributed by atoms with Crippen LogP contribution in [0.25, 0.3) is 0 Å². The van der Waals surface area contributed by atoms with Gasteiger partial charge in [0.1, 0.15) is 12.1 Å². The molecular formula is C23H30N4O3. The monoisotopic (exact) mass is 410 g/mol. The highest BCUT2D eigenvalue weighted by Crippen LogP contribution is 2.63. The lowest BCUT2D eigenvalue weighted by molar-refractivity contribution is -0.134. The molecule has 3 unspecified atom stereocenters. The van der Waals surface area contributed by atoms with Gasteiger partial charge in [0, 0.05) is 11.1 Å². The number of imide groups is 1. The van der Waals surface area contributed by atoms with Crippen molar-refractivity contribution in [2.24, 2.45) is 21.8 Å². The molecule has 1 aromatic carbocycles. The van der Waals surface area contributed by atoms with E-state index in [9.17, 15) is 14.4 Å². The fraction of sp³-hybridized carbons (Fsp3) is 0.565. The lowest BCUT2D eigenvalue weighted by Gasteiger charge is -2.34. The van der Waals surface area contributed by atoms with Crippen molar-refractivity contribution in [2.75, 3.05) is 6.54 Å². The second-order valence-electron chi connectivity index (χ2n) is 9.90. The van der Waals surface area contributed by atoms with Crippen molar-refractivity contribution in [1.82, 2.24) is 15.6 Å². The summed E-state index contributed by atoms with van der Waals surface area (Å²) in [5, 5.41) is 7.15. The third-order valence-electron chi connectivity index (χ3n) is 8.03. The number of fused-ring (bicyclic) bond motifs is 2. The first kappa shape index (κ1) is 20.6. The summed E-state index contributed by atoms with van der Waals surface area (Å²) in [6.07, 6.45) is 3.15. The Hall–Kier alpha value is -2.70. The van der Waals surface area contributed by atoms with Crippen LogP contribution in [0, 0.1) is 23.7 Å². The Bertz CT molecular complexity index is 952. The molecule has 4 rings (SSSR count). The van der Waals surface area contributed by atoms with Crippen molar-refractivity contribution in [3.8, 4) is 0 Å². The van der Waals surface area contributed by atoms with Gasteiger partial charge in [-0.15, -0.1) is 0 Å². The van der Waals surface area contributed by atoms with Crippen LogP contribution in [0.15, 0.2) is 29.4 Å². The summed E-state index contributed by atoms with van der Waals surface area (Å²) in [5.74, 6) is -0.324. The van der Waals surface area contributed by atoms with Crippen LogP contribution >= 0.6 is 0 Å². The Morgan fingerprint density at radius 2 is 1.87 bits per heavy atom. The fourth-order valence-corrected chi connectivity index (χ4v) is 5.33. The Kier molecular flexibility index (Phi) is 4.56. The van der Waals surface area contributed by atoms with Gasteiger partial charge >= 0.3 is 6.03 Å². The van der Waals surface area contributed by atoms with Gasteiger partial charge in [0.25, 0.3) is 11.8 Å². The van der Waals surface area contributed by atoms with E-state index in [1.807, 2.05) is 31.2 Å². The number of hydrogen-bond acceptors (Lipinski definition) is 4. The highest BCUT2D eigenvalue weighted by Gasteiger charge is 2.60. The predicted octanol–water partition coefficient (Wildman–Crippen LogP) is 3.08. The molecule has 4 amide bonds. The van der Waals surface area contributed by atoms with Gasteiger partial charge in [0.05, 0.1) is 0 Å². The summed E-state index contributed by atoms with van der Waals surface area (Å²) >= 11 is 0. The van der Waals surface area contributed by atoms with Gasteiger partial charge in [-0.25, -0.2) is 10.2 Å². The van der Waals surface area contributed by atoms with Crippen molar-refractivity contribution in [1.29, 1.82) is 0 Å². The van der Waals surface area contributed by atoms with E-state index in [0.29, 0.717) is 11.5 Å². The van der Waals surface area contributed by atoms with Gasteiger partial charge in [-0.05, 0) is 50.0 Å². The molecule has 0 radical (unpaired) electrons. The van der Waals surface area contributed by atoms with Crippen LogP contribution in [0.1, 0.15) is 58.1 Å². The van der Waals surface area contributed by atoms with E-state index in [1.54, 1.807) is 6.92 Å². The van der Waals surface area contributed by atoms with E-state index in [0.717, 1.165) is 29.0 Å². The molecule has 160 valence electrons. The molecule has 1 aliphatic heterocycles. The molecule has 2 N–H and O–H groups in total. The maximum Gasteiger partial charge on any atom is 0.325 e. The quantitative estimate of drug-likeness (QED) is 0.590. The predicted molar refractivity (Wildman–Crippen MR) is 114 cm³/mol. The molecule has 0 aromatic heterocycles. The number of carbonyl (C=O) groups is 3. The number of amides is 4. The molecule has 1 saturated heterocycles. The zero-order valence-electron chi connectivity index (χ0n) is 18.3. The van der Waals surface area contributed by atoms with E-state index in [-0.39, 0.29) is 17.4 Å². The molecule has 3 aliphatic rings. The molecule has 1 heterocycles. The Morgan fingerprint density at radius 1 is 1.20 bits per heavy atom. The molecule has 7 nitrogen and oxygen atoms in total. The van der Waals surface area contributed by atoms with Crippen LogP contribution in [-0.2, 0) is 15.1 Å². The second-order valence-corrected chi connectivity index (χ2v) is 9.90. The molecule has 3 atom stereocenters. The number of hydrogen-bond donors (Lipinski definition) is 2. The number of urea groups is 1.